The van der Waals surface area contributed by atoms with E-state index in [0.717, 1.165) is 0 Å². The van der Waals surface area contributed by atoms with Gasteiger partial charge in [0.05, 0.1) is 0 Å². The van der Waals surface area contributed by atoms with Crippen LogP contribution in [0.4, 0.5) is 0 Å². The van der Waals surface area contributed by atoms with E-state index >= 15 is 0 Å². The van der Waals surface area contributed by atoms with E-state index in [-0.39, 0.29) is 0 Å². The molecule has 0 radical (unpaired) electrons. The zero-order valence-corrected chi connectivity index (χ0v) is 3.36. The molecular formula is H2LiO2P. The summed E-state index contributed by atoms with van der Waals surface area (Å²) in [5.74, 6) is 0. The van der Waals surface area contributed by atoms with E-state index < -0.39 is 6.45 Å². The molecule has 4 heteroatoms. The van der Waals surface area contributed by atoms with Crippen molar-refractivity contribution < 1.29 is 9.46 Å². The Morgan fingerprint density at radius 2 is 2.00 bits per heavy atom. The fourth-order valence-corrected chi connectivity index (χ4v) is 0. The number of hydrogen-bond acceptors (Lipinski definition) is 1. The molecule has 0 aromatic rings. The summed E-state index contributed by atoms with van der Waals surface area (Å²) < 4.78 is 9.19. The Morgan fingerprint density at radius 3 is 2.00 bits per heavy atom. The molecule has 0 saturated carbocycles. The third-order valence-corrected chi connectivity index (χ3v) is 0. The average molecular weight is 71.9 g/mol. The molecule has 0 rings (SSSR count). The fraction of sp³-hybridized carbons (Fsp3) is 0. The summed E-state index contributed by atoms with van der Waals surface area (Å²) in [6.07, 6.45) is 0. The molecule has 0 aliphatic rings. The molecule has 20 valence electrons. The molecule has 0 fully saturated rings. The molecule has 0 bridgehead atoms. The van der Waals surface area contributed by atoms with Crippen molar-refractivity contribution in [2.45, 2.75) is 0 Å². The van der Waals surface area contributed by atoms with E-state index in [4.69, 9.17) is 4.89 Å². The van der Waals surface area contributed by atoms with Crippen LogP contribution >= 0.6 is 6.45 Å². The van der Waals surface area contributed by atoms with E-state index in [2.05, 4.69) is 0 Å². The minimum absolute atomic E-state index is 1.27. The summed E-state index contributed by atoms with van der Waals surface area (Å²) in [6, 6.07) is 0. The van der Waals surface area contributed by atoms with Crippen molar-refractivity contribution in [1.29, 1.82) is 0 Å². The number of hydrogen-bond donors (Lipinski definition) is 1. The summed E-state index contributed by atoms with van der Waals surface area (Å²) in [7, 11) is 0. The van der Waals surface area contributed by atoms with Crippen LogP contribution in [0.3, 0.4) is 0 Å². The Labute approximate surface area is 33.8 Å². The summed E-state index contributed by atoms with van der Waals surface area (Å²) in [4.78, 5) is 7.60. The van der Waals surface area contributed by atoms with Gasteiger partial charge in [0.2, 0.25) is 0 Å². The Bertz CT molecular complexity index is 29.0. The van der Waals surface area contributed by atoms with E-state index in [9.17, 15) is 4.57 Å². The standard InChI is InChI=1S/Li.HO2P/c;1-3-2/h;3H/q-1;/p+1. The predicted molar refractivity (Wildman–Crippen MR) is 17.0 cm³/mol. The van der Waals surface area contributed by atoms with Gasteiger partial charge < -0.3 is 0 Å². The first-order valence-corrected chi connectivity index (χ1v) is 2.78. The normalized spacial score (nSPS) is 15.8. The second kappa shape index (κ2) is 2.05. The monoisotopic (exact) mass is 72.0 g/mol. The van der Waals surface area contributed by atoms with Crippen LogP contribution in [-0.2, 0) is 4.57 Å². The van der Waals surface area contributed by atoms with Gasteiger partial charge in [0.25, 0.3) is 0 Å². The van der Waals surface area contributed by atoms with Crippen LogP contribution in [0.2, 0.25) is 0 Å². The third kappa shape index (κ3) is 14.4. The fourth-order valence-electron chi connectivity index (χ4n) is 0. The first-order valence-electron chi connectivity index (χ1n) is 0.928. The van der Waals surface area contributed by atoms with Crippen molar-refractivity contribution in [3.8, 4) is 0 Å². The zero-order valence-electron chi connectivity index (χ0n) is 2.36. The van der Waals surface area contributed by atoms with Gasteiger partial charge in [-0.15, -0.1) is 0 Å². The molecule has 0 aromatic heterocycles. The molecule has 1 atom stereocenters. The average Bonchev–Trinajstić information content (AvgIpc) is 0.811. The van der Waals surface area contributed by atoms with Crippen molar-refractivity contribution in [3.63, 3.8) is 0 Å². The summed E-state index contributed by atoms with van der Waals surface area (Å²) >= 11 is 1.27. The van der Waals surface area contributed by atoms with Crippen LogP contribution in [0.5, 0.6) is 0 Å². The Balaban J connectivity index is 2.80. The van der Waals surface area contributed by atoms with Gasteiger partial charge in [-0.2, -0.15) is 0 Å². The van der Waals surface area contributed by atoms with Crippen molar-refractivity contribution in [3.05, 3.63) is 0 Å². The third-order valence-electron chi connectivity index (χ3n) is 0. The van der Waals surface area contributed by atoms with Crippen molar-refractivity contribution >= 4 is 23.7 Å². The molecule has 0 aliphatic carbocycles. The molecule has 0 spiro atoms. The maximum absolute atomic E-state index is 9.19. The Kier molecular flexibility index (Phi) is 2.46. The van der Waals surface area contributed by atoms with Crippen molar-refractivity contribution in [2.24, 2.45) is 0 Å². The van der Waals surface area contributed by atoms with E-state index in [1.165, 1.54) is 17.2 Å². The molecule has 0 saturated heterocycles. The van der Waals surface area contributed by atoms with E-state index in [1.807, 2.05) is 0 Å². The molecule has 4 heavy (non-hydrogen) atoms. The Hall–Kier alpha value is 0.787. The quantitative estimate of drug-likeness (QED) is 0.310. The topological polar surface area (TPSA) is 37.3 Å². The molecule has 1 unspecified atom stereocenters. The SMILES string of the molecule is [Li][PH](=O)O. The maximum atomic E-state index is 9.19. The van der Waals surface area contributed by atoms with Crippen LogP contribution in [0.25, 0.3) is 0 Å². The van der Waals surface area contributed by atoms with Gasteiger partial charge in [0.15, 0.2) is 0 Å². The van der Waals surface area contributed by atoms with Crippen LogP contribution in [0.1, 0.15) is 0 Å². The van der Waals surface area contributed by atoms with Gasteiger partial charge >= 0.3 is 33.2 Å². The Morgan fingerprint density at radius 1 is 2.00 bits per heavy atom. The molecule has 0 heterocycles. The molecule has 0 aliphatic heterocycles. The van der Waals surface area contributed by atoms with Gasteiger partial charge in [-0.25, -0.2) is 0 Å². The summed E-state index contributed by atoms with van der Waals surface area (Å²) in [5.41, 5.74) is 0. The predicted octanol–water partition coefficient (Wildman–Crippen LogP) is -0.463. The van der Waals surface area contributed by atoms with Gasteiger partial charge in [0, 0.05) is 0 Å². The first kappa shape index (κ1) is 4.79. The molecule has 0 amide bonds. The van der Waals surface area contributed by atoms with Gasteiger partial charge in [-0.05, 0) is 0 Å². The van der Waals surface area contributed by atoms with Crippen molar-refractivity contribution in [2.75, 3.05) is 0 Å². The van der Waals surface area contributed by atoms with Gasteiger partial charge in [0.1, 0.15) is 0 Å². The number of rotatable bonds is 0. The van der Waals surface area contributed by atoms with Crippen LogP contribution in [-0.4, -0.2) is 22.1 Å². The molecule has 1 N–H and O–H groups in total. The van der Waals surface area contributed by atoms with Crippen molar-refractivity contribution in [1.82, 2.24) is 0 Å². The second-order valence-electron chi connectivity index (χ2n) is 0.519. The minimum atomic E-state index is -2.13. The summed E-state index contributed by atoms with van der Waals surface area (Å²) in [6.45, 7) is -2.13. The van der Waals surface area contributed by atoms with Gasteiger partial charge in [-0.1, -0.05) is 0 Å². The molecular weight excluding hydrogens is 69.9 g/mol. The first-order chi connectivity index (χ1) is 1.73. The molecule has 0 aromatic carbocycles. The van der Waals surface area contributed by atoms with E-state index in [1.54, 1.807) is 0 Å². The van der Waals surface area contributed by atoms with E-state index in [0.29, 0.717) is 0 Å². The van der Waals surface area contributed by atoms with Crippen LogP contribution < -0.4 is 0 Å². The van der Waals surface area contributed by atoms with Gasteiger partial charge in [-0.3, -0.25) is 0 Å². The van der Waals surface area contributed by atoms with Crippen LogP contribution in [0, 0.1) is 0 Å². The zero-order chi connectivity index (χ0) is 3.58. The summed E-state index contributed by atoms with van der Waals surface area (Å²) in [5, 5.41) is 0. The second-order valence-corrected chi connectivity index (χ2v) is 1.56. The molecule has 2 nitrogen and oxygen atoms in total. The van der Waals surface area contributed by atoms with Crippen LogP contribution in [0.15, 0.2) is 0 Å².